The molecule has 2 atom stereocenters. The van der Waals surface area contributed by atoms with Gasteiger partial charge in [0.2, 0.25) is 21.8 Å². The van der Waals surface area contributed by atoms with E-state index in [1.807, 2.05) is 58.0 Å². The van der Waals surface area contributed by atoms with Crippen LogP contribution in [0.2, 0.25) is 5.02 Å². The Labute approximate surface area is 220 Å². The predicted molar refractivity (Wildman–Crippen MR) is 147 cm³/mol. The Hall–Kier alpha value is -2.58. The number of rotatable bonds is 12. The Balaban J connectivity index is 2.20. The first-order chi connectivity index (χ1) is 16.8. The normalized spacial score (nSPS) is 13.1. The molecule has 0 saturated heterocycles. The zero-order valence-electron chi connectivity index (χ0n) is 22.0. The Morgan fingerprint density at radius 3 is 2.28 bits per heavy atom. The fourth-order valence-corrected chi connectivity index (χ4v) is 4.95. The summed E-state index contributed by atoms with van der Waals surface area (Å²) >= 11 is 6.00. The summed E-state index contributed by atoms with van der Waals surface area (Å²) in [6.45, 7) is 9.80. The highest BCUT2D eigenvalue weighted by atomic mass is 35.5. The van der Waals surface area contributed by atoms with E-state index in [0.717, 1.165) is 23.1 Å². The molecule has 0 heterocycles. The molecule has 0 aromatic heterocycles. The van der Waals surface area contributed by atoms with Gasteiger partial charge in [-0.1, -0.05) is 42.8 Å². The van der Waals surface area contributed by atoms with E-state index in [2.05, 4.69) is 5.32 Å². The van der Waals surface area contributed by atoms with Crippen LogP contribution in [-0.4, -0.2) is 50.0 Å². The largest absolute Gasteiger partial charge is 0.352 e. The summed E-state index contributed by atoms with van der Waals surface area (Å²) < 4.78 is 26.5. The van der Waals surface area contributed by atoms with Crippen LogP contribution in [0.1, 0.15) is 56.7 Å². The number of amides is 2. The number of halogens is 1. The van der Waals surface area contributed by atoms with Gasteiger partial charge in [-0.05, 0) is 75.4 Å². The van der Waals surface area contributed by atoms with Crippen LogP contribution in [0.3, 0.4) is 0 Å². The van der Waals surface area contributed by atoms with Gasteiger partial charge >= 0.3 is 0 Å². The number of nitrogens with zero attached hydrogens (tertiary/aromatic N) is 2. The molecule has 7 nitrogen and oxygen atoms in total. The summed E-state index contributed by atoms with van der Waals surface area (Å²) in [4.78, 5) is 27.8. The van der Waals surface area contributed by atoms with E-state index in [-0.39, 0.29) is 37.4 Å². The van der Waals surface area contributed by atoms with Crippen molar-refractivity contribution in [2.75, 3.05) is 17.1 Å². The van der Waals surface area contributed by atoms with Crippen LogP contribution >= 0.6 is 11.6 Å². The van der Waals surface area contributed by atoms with Crippen molar-refractivity contribution in [3.8, 4) is 0 Å². The number of hydrogen-bond donors (Lipinski definition) is 1. The highest BCUT2D eigenvalue weighted by molar-refractivity contribution is 7.92. The van der Waals surface area contributed by atoms with Gasteiger partial charge in [-0.2, -0.15) is 0 Å². The van der Waals surface area contributed by atoms with Crippen molar-refractivity contribution in [1.82, 2.24) is 10.2 Å². The van der Waals surface area contributed by atoms with E-state index in [1.54, 1.807) is 24.0 Å². The fraction of sp³-hybridized carbons (Fsp3) is 0.481. The van der Waals surface area contributed by atoms with Crippen molar-refractivity contribution in [3.63, 3.8) is 0 Å². The smallest absolute Gasteiger partial charge is 0.242 e. The third-order valence-corrected chi connectivity index (χ3v) is 7.65. The van der Waals surface area contributed by atoms with E-state index in [0.29, 0.717) is 17.1 Å². The molecular formula is C27H38ClN3O4S. The molecule has 2 rings (SSSR count). The number of carbonyl (C=O) groups excluding carboxylic acids is 2. The first-order valence-electron chi connectivity index (χ1n) is 12.2. The second kappa shape index (κ2) is 13.1. The molecule has 0 fully saturated rings. The number of aryl methyl sites for hydroxylation is 2. The number of anilines is 1. The van der Waals surface area contributed by atoms with E-state index in [1.165, 1.54) is 10.6 Å². The first kappa shape index (κ1) is 29.6. The molecule has 1 N–H and O–H groups in total. The maximum Gasteiger partial charge on any atom is 0.242 e. The Morgan fingerprint density at radius 2 is 1.69 bits per heavy atom. The molecule has 0 bridgehead atoms. The van der Waals surface area contributed by atoms with Crippen LogP contribution in [0.25, 0.3) is 0 Å². The third-order valence-electron chi connectivity index (χ3n) is 6.22. The van der Waals surface area contributed by atoms with Crippen molar-refractivity contribution < 1.29 is 18.0 Å². The van der Waals surface area contributed by atoms with Gasteiger partial charge < -0.3 is 10.2 Å². The van der Waals surface area contributed by atoms with Gasteiger partial charge in [0, 0.05) is 30.6 Å². The lowest BCUT2D eigenvalue weighted by Gasteiger charge is -2.30. The number of carbonyl (C=O) groups is 2. The predicted octanol–water partition coefficient (Wildman–Crippen LogP) is 4.84. The topological polar surface area (TPSA) is 86.8 Å². The lowest BCUT2D eigenvalue weighted by atomic mass is 10.1. The van der Waals surface area contributed by atoms with Crippen LogP contribution in [0, 0.1) is 13.8 Å². The van der Waals surface area contributed by atoms with E-state index in [4.69, 9.17) is 11.6 Å². The Morgan fingerprint density at radius 1 is 1.06 bits per heavy atom. The molecule has 0 aliphatic rings. The molecule has 198 valence electrons. The fourth-order valence-electron chi connectivity index (χ4n) is 3.81. The molecule has 0 unspecified atom stereocenters. The monoisotopic (exact) mass is 535 g/mol. The Kier molecular flexibility index (Phi) is 10.8. The van der Waals surface area contributed by atoms with Crippen LogP contribution in [0.15, 0.2) is 42.5 Å². The van der Waals surface area contributed by atoms with Crippen molar-refractivity contribution in [2.24, 2.45) is 0 Å². The van der Waals surface area contributed by atoms with E-state index < -0.39 is 16.1 Å². The summed E-state index contributed by atoms with van der Waals surface area (Å²) in [5.74, 6) is -0.439. The number of benzene rings is 2. The lowest BCUT2D eigenvalue weighted by molar-refractivity contribution is -0.140. The molecule has 0 saturated carbocycles. The maximum absolute atomic E-state index is 13.4. The third kappa shape index (κ3) is 8.52. The van der Waals surface area contributed by atoms with Crippen molar-refractivity contribution in [3.05, 3.63) is 64.2 Å². The maximum atomic E-state index is 13.4. The quantitative estimate of drug-likeness (QED) is 0.421. The van der Waals surface area contributed by atoms with Crippen LogP contribution in [0.5, 0.6) is 0 Å². The molecule has 0 aliphatic carbocycles. The van der Waals surface area contributed by atoms with Crippen LogP contribution in [-0.2, 0) is 26.2 Å². The zero-order chi connectivity index (χ0) is 27.0. The van der Waals surface area contributed by atoms with Gasteiger partial charge in [-0.15, -0.1) is 0 Å². The molecule has 9 heteroatoms. The second-order valence-corrected chi connectivity index (χ2v) is 11.7. The van der Waals surface area contributed by atoms with Gasteiger partial charge in [0.05, 0.1) is 11.9 Å². The summed E-state index contributed by atoms with van der Waals surface area (Å²) in [6.07, 6.45) is 2.37. The first-order valence-corrected chi connectivity index (χ1v) is 14.4. The van der Waals surface area contributed by atoms with Gasteiger partial charge in [0.25, 0.3) is 0 Å². The highest BCUT2D eigenvalue weighted by Crippen LogP contribution is 2.25. The molecule has 2 amide bonds. The standard InChI is InChI=1S/C27H38ClN3O4S/c1-7-21(4)29-27(33)22(5)30(18-23-12-14-24(28)15-13-23)26(32)9-8-16-31(36(6,34)35)25-17-19(2)10-11-20(25)3/h10-15,17,21-22H,7-9,16,18H2,1-6H3,(H,29,33)/t21-,22+/m1/s1. The molecule has 0 spiro atoms. The minimum absolute atomic E-state index is 0.00618. The minimum atomic E-state index is -3.54. The number of sulfonamides is 1. The lowest BCUT2D eigenvalue weighted by Crippen LogP contribution is -2.49. The Bertz CT molecular complexity index is 1150. The summed E-state index contributed by atoms with van der Waals surface area (Å²) in [5, 5.41) is 3.53. The minimum Gasteiger partial charge on any atom is -0.352 e. The summed E-state index contributed by atoms with van der Waals surface area (Å²) in [5.41, 5.74) is 3.26. The molecule has 0 aliphatic heterocycles. The number of hydrogen-bond acceptors (Lipinski definition) is 4. The van der Waals surface area contributed by atoms with Crippen LogP contribution < -0.4 is 9.62 Å². The van der Waals surface area contributed by atoms with Gasteiger partial charge in [0.1, 0.15) is 6.04 Å². The van der Waals surface area contributed by atoms with Crippen molar-refractivity contribution in [2.45, 2.75) is 72.5 Å². The van der Waals surface area contributed by atoms with Gasteiger partial charge in [-0.3, -0.25) is 13.9 Å². The van der Waals surface area contributed by atoms with E-state index in [9.17, 15) is 18.0 Å². The number of nitrogens with one attached hydrogen (secondary N) is 1. The molecular weight excluding hydrogens is 498 g/mol. The average Bonchev–Trinajstić information content (AvgIpc) is 2.81. The van der Waals surface area contributed by atoms with Gasteiger partial charge in [0.15, 0.2) is 0 Å². The molecule has 2 aromatic rings. The average molecular weight is 536 g/mol. The SMILES string of the molecule is CC[C@@H](C)NC(=O)[C@H](C)N(Cc1ccc(Cl)cc1)C(=O)CCCN(c1cc(C)ccc1C)S(C)(=O)=O. The summed E-state index contributed by atoms with van der Waals surface area (Å²) in [6, 6.07) is 12.1. The summed E-state index contributed by atoms with van der Waals surface area (Å²) in [7, 11) is -3.54. The van der Waals surface area contributed by atoms with E-state index >= 15 is 0 Å². The van der Waals surface area contributed by atoms with Crippen molar-refractivity contribution >= 4 is 39.1 Å². The van der Waals surface area contributed by atoms with Gasteiger partial charge in [-0.25, -0.2) is 8.42 Å². The van der Waals surface area contributed by atoms with Crippen LogP contribution in [0.4, 0.5) is 5.69 Å². The zero-order valence-corrected chi connectivity index (χ0v) is 23.6. The molecule has 0 radical (unpaired) electrons. The van der Waals surface area contributed by atoms with Crippen molar-refractivity contribution in [1.29, 1.82) is 0 Å². The molecule has 2 aromatic carbocycles. The second-order valence-electron chi connectivity index (χ2n) is 9.37. The molecule has 36 heavy (non-hydrogen) atoms. The highest BCUT2D eigenvalue weighted by Gasteiger charge is 2.27.